The summed E-state index contributed by atoms with van der Waals surface area (Å²) in [4.78, 5) is 14.5. The SMILES string of the molecule is Cc1ccc(C(=O)CCN2CCSC(C)C2)cc1. The van der Waals surface area contributed by atoms with Crippen molar-refractivity contribution in [2.24, 2.45) is 0 Å². The molecule has 1 aromatic carbocycles. The highest BCUT2D eigenvalue weighted by Crippen LogP contribution is 2.18. The third-order valence-corrected chi connectivity index (χ3v) is 4.49. The average molecular weight is 263 g/mol. The molecule has 2 nitrogen and oxygen atoms in total. The van der Waals surface area contributed by atoms with Gasteiger partial charge in [-0.2, -0.15) is 11.8 Å². The number of hydrogen-bond donors (Lipinski definition) is 0. The Morgan fingerprint density at radius 2 is 2.11 bits per heavy atom. The lowest BCUT2D eigenvalue weighted by atomic mass is 10.1. The zero-order chi connectivity index (χ0) is 13.0. The average Bonchev–Trinajstić information content (AvgIpc) is 2.37. The maximum atomic E-state index is 12.0. The summed E-state index contributed by atoms with van der Waals surface area (Å²) in [5.41, 5.74) is 2.05. The van der Waals surface area contributed by atoms with Crippen LogP contribution in [0.4, 0.5) is 0 Å². The van der Waals surface area contributed by atoms with Crippen molar-refractivity contribution in [3.63, 3.8) is 0 Å². The van der Waals surface area contributed by atoms with E-state index in [1.807, 2.05) is 43.0 Å². The Balaban J connectivity index is 1.82. The highest BCUT2D eigenvalue weighted by atomic mass is 32.2. The summed E-state index contributed by atoms with van der Waals surface area (Å²) in [5.74, 6) is 1.46. The molecule has 2 rings (SSSR count). The number of aryl methyl sites for hydroxylation is 1. The van der Waals surface area contributed by atoms with Gasteiger partial charge >= 0.3 is 0 Å². The molecule has 0 amide bonds. The molecule has 1 heterocycles. The zero-order valence-corrected chi connectivity index (χ0v) is 12.0. The molecule has 0 saturated carbocycles. The van der Waals surface area contributed by atoms with Gasteiger partial charge in [-0.25, -0.2) is 0 Å². The highest BCUT2D eigenvalue weighted by molar-refractivity contribution is 7.99. The van der Waals surface area contributed by atoms with Crippen molar-refractivity contribution in [1.29, 1.82) is 0 Å². The fourth-order valence-electron chi connectivity index (χ4n) is 2.24. The van der Waals surface area contributed by atoms with Gasteiger partial charge in [-0.3, -0.25) is 4.79 Å². The fourth-order valence-corrected chi connectivity index (χ4v) is 3.32. The number of nitrogens with zero attached hydrogens (tertiary/aromatic N) is 1. The lowest BCUT2D eigenvalue weighted by Gasteiger charge is -2.30. The van der Waals surface area contributed by atoms with Gasteiger partial charge in [0.05, 0.1) is 0 Å². The van der Waals surface area contributed by atoms with E-state index in [1.165, 1.54) is 11.3 Å². The van der Waals surface area contributed by atoms with Crippen LogP contribution in [0.2, 0.25) is 0 Å². The van der Waals surface area contributed by atoms with Crippen LogP contribution in [0.25, 0.3) is 0 Å². The van der Waals surface area contributed by atoms with Crippen LogP contribution in [0.5, 0.6) is 0 Å². The Kier molecular flexibility index (Phi) is 4.84. The van der Waals surface area contributed by atoms with E-state index in [9.17, 15) is 4.79 Å². The van der Waals surface area contributed by atoms with Crippen LogP contribution in [0.1, 0.15) is 29.3 Å². The molecule has 1 aliphatic heterocycles. The normalized spacial score (nSPS) is 20.9. The third kappa shape index (κ3) is 3.85. The van der Waals surface area contributed by atoms with Crippen LogP contribution in [0.15, 0.2) is 24.3 Å². The van der Waals surface area contributed by atoms with Crippen LogP contribution in [0, 0.1) is 6.92 Å². The predicted octanol–water partition coefficient (Wildman–Crippen LogP) is 3.01. The van der Waals surface area contributed by atoms with Crippen molar-refractivity contribution in [2.45, 2.75) is 25.5 Å². The van der Waals surface area contributed by atoms with Crippen molar-refractivity contribution in [3.8, 4) is 0 Å². The number of rotatable bonds is 4. The molecule has 1 unspecified atom stereocenters. The fraction of sp³-hybridized carbons (Fsp3) is 0.533. The largest absolute Gasteiger partial charge is 0.301 e. The molecule has 0 bridgehead atoms. The van der Waals surface area contributed by atoms with Crippen LogP contribution in [0.3, 0.4) is 0 Å². The van der Waals surface area contributed by atoms with Gasteiger partial charge in [-0.15, -0.1) is 0 Å². The molecule has 98 valence electrons. The maximum absolute atomic E-state index is 12.0. The molecule has 0 spiro atoms. The Hall–Kier alpha value is -0.800. The van der Waals surface area contributed by atoms with E-state index in [0.29, 0.717) is 11.7 Å². The summed E-state index contributed by atoms with van der Waals surface area (Å²) in [6.07, 6.45) is 0.639. The number of carbonyl (C=O) groups excluding carboxylic acids is 1. The molecule has 1 atom stereocenters. The first-order chi connectivity index (χ1) is 8.65. The lowest BCUT2D eigenvalue weighted by Crippen LogP contribution is -2.37. The van der Waals surface area contributed by atoms with Gasteiger partial charge in [0.1, 0.15) is 0 Å². The number of Topliss-reactive ketones (excluding diaryl/α,β-unsaturated/α-hetero) is 1. The zero-order valence-electron chi connectivity index (χ0n) is 11.2. The molecular formula is C15H21NOS. The summed E-state index contributed by atoms with van der Waals surface area (Å²) in [7, 11) is 0. The van der Waals surface area contributed by atoms with Crippen molar-refractivity contribution in [1.82, 2.24) is 4.90 Å². The monoisotopic (exact) mass is 263 g/mol. The van der Waals surface area contributed by atoms with Crippen molar-refractivity contribution in [2.75, 3.05) is 25.4 Å². The molecule has 0 N–H and O–H groups in total. The van der Waals surface area contributed by atoms with E-state index in [4.69, 9.17) is 0 Å². The predicted molar refractivity (Wildman–Crippen MR) is 78.5 cm³/mol. The Bertz CT molecular complexity index is 401. The number of ketones is 1. The van der Waals surface area contributed by atoms with Crippen molar-refractivity contribution in [3.05, 3.63) is 35.4 Å². The van der Waals surface area contributed by atoms with Crippen molar-refractivity contribution >= 4 is 17.5 Å². The van der Waals surface area contributed by atoms with Gasteiger partial charge in [0.2, 0.25) is 0 Å². The van der Waals surface area contributed by atoms with E-state index in [1.54, 1.807) is 0 Å². The van der Waals surface area contributed by atoms with Gasteiger partial charge in [0.15, 0.2) is 5.78 Å². The minimum absolute atomic E-state index is 0.265. The van der Waals surface area contributed by atoms with Crippen LogP contribution < -0.4 is 0 Å². The smallest absolute Gasteiger partial charge is 0.164 e. The molecule has 1 saturated heterocycles. The Labute approximate surface area is 114 Å². The topological polar surface area (TPSA) is 20.3 Å². The number of thioether (sulfide) groups is 1. The number of hydrogen-bond acceptors (Lipinski definition) is 3. The van der Waals surface area contributed by atoms with Crippen LogP contribution in [-0.2, 0) is 0 Å². The van der Waals surface area contributed by atoms with E-state index in [-0.39, 0.29) is 5.78 Å². The second-order valence-electron chi connectivity index (χ2n) is 5.02. The number of carbonyl (C=O) groups is 1. The van der Waals surface area contributed by atoms with E-state index in [0.717, 1.165) is 25.2 Å². The van der Waals surface area contributed by atoms with Gasteiger partial charge < -0.3 is 4.90 Å². The first-order valence-corrected chi connectivity index (χ1v) is 7.64. The van der Waals surface area contributed by atoms with E-state index >= 15 is 0 Å². The molecule has 18 heavy (non-hydrogen) atoms. The second kappa shape index (κ2) is 6.39. The summed E-state index contributed by atoms with van der Waals surface area (Å²) < 4.78 is 0. The first kappa shape index (κ1) is 13.6. The molecule has 0 radical (unpaired) electrons. The lowest BCUT2D eigenvalue weighted by molar-refractivity contribution is 0.0965. The molecular weight excluding hydrogens is 242 g/mol. The summed E-state index contributed by atoms with van der Waals surface area (Å²) in [5, 5.41) is 0.702. The molecule has 1 fully saturated rings. The third-order valence-electron chi connectivity index (χ3n) is 3.35. The molecule has 1 aliphatic rings. The van der Waals surface area contributed by atoms with Gasteiger partial charge in [0, 0.05) is 42.6 Å². The summed E-state index contributed by atoms with van der Waals surface area (Å²) in [6, 6.07) is 7.89. The van der Waals surface area contributed by atoms with Gasteiger partial charge in [-0.05, 0) is 6.92 Å². The maximum Gasteiger partial charge on any atom is 0.164 e. The quantitative estimate of drug-likeness (QED) is 0.779. The van der Waals surface area contributed by atoms with Gasteiger partial charge in [-0.1, -0.05) is 36.8 Å². The number of benzene rings is 1. The standard InChI is InChI=1S/C15H21NOS/c1-12-3-5-14(6-4-12)15(17)7-8-16-9-10-18-13(2)11-16/h3-6,13H,7-11H2,1-2H3. The summed E-state index contributed by atoms with van der Waals surface area (Å²) >= 11 is 2.03. The van der Waals surface area contributed by atoms with Gasteiger partial charge in [0.25, 0.3) is 0 Å². The first-order valence-electron chi connectivity index (χ1n) is 6.59. The highest BCUT2D eigenvalue weighted by Gasteiger charge is 2.17. The molecule has 3 heteroatoms. The molecule has 1 aromatic rings. The van der Waals surface area contributed by atoms with Crippen LogP contribution in [-0.4, -0.2) is 41.3 Å². The van der Waals surface area contributed by atoms with Crippen LogP contribution >= 0.6 is 11.8 Å². The van der Waals surface area contributed by atoms with Crippen molar-refractivity contribution < 1.29 is 4.79 Å². The minimum Gasteiger partial charge on any atom is -0.301 e. The van der Waals surface area contributed by atoms with E-state index < -0.39 is 0 Å². The van der Waals surface area contributed by atoms with E-state index in [2.05, 4.69) is 11.8 Å². The minimum atomic E-state index is 0.265. The molecule has 0 aliphatic carbocycles. The Morgan fingerprint density at radius 3 is 2.78 bits per heavy atom. The second-order valence-corrected chi connectivity index (χ2v) is 6.57. The summed E-state index contributed by atoms with van der Waals surface area (Å²) in [6.45, 7) is 7.44. The Morgan fingerprint density at radius 1 is 1.39 bits per heavy atom. The molecule has 0 aromatic heterocycles.